The fraction of sp³-hybridized carbons (Fsp3) is 1.00. The van der Waals surface area contributed by atoms with E-state index in [1.165, 1.54) is 10.6 Å². The van der Waals surface area contributed by atoms with Gasteiger partial charge in [-0.25, -0.2) is 8.42 Å². The fourth-order valence-corrected chi connectivity index (χ4v) is 2.19. The maximum absolute atomic E-state index is 10.9. The van der Waals surface area contributed by atoms with Crippen LogP contribution in [0.4, 0.5) is 0 Å². The molecule has 5 heteroatoms. The Morgan fingerprint density at radius 1 is 1.42 bits per heavy atom. The Bertz CT molecular complexity index is 242. The van der Waals surface area contributed by atoms with Crippen LogP contribution < -0.4 is 5.32 Å². The molecule has 0 amide bonds. The third-order valence-electron chi connectivity index (χ3n) is 1.89. The van der Waals surface area contributed by atoms with Gasteiger partial charge in [-0.3, -0.25) is 0 Å². The molecule has 0 unspecified atom stereocenters. The van der Waals surface area contributed by atoms with Crippen molar-refractivity contribution in [3.8, 4) is 0 Å². The van der Waals surface area contributed by atoms with Gasteiger partial charge in [-0.1, -0.05) is 13.8 Å². The minimum Gasteiger partial charge on any atom is -0.309 e. The van der Waals surface area contributed by atoms with Crippen molar-refractivity contribution in [2.24, 2.45) is 0 Å². The standard InChI is InChI=1S/C7H16N2O2S/c1-6(2)8-7-4-9(5-7)12(3,10)11/h6-8H,4-5H2,1-3H3. The monoisotopic (exact) mass is 192 g/mol. The summed E-state index contributed by atoms with van der Waals surface area (Å²) in [6.07, 6.45) is 1.25. The number of nitrogens with zero attached hydrogens (tertiary/aromatic N) is 1. The smallest absolute Gasteiger partial charge is 0.211 e. The van der Waals surface area contributed by atoms with Crippen molar-refractivity contribution >= 4 is 10.0 Å². The molecule has 72 valence electrons. The van der Waals surface area contributed by atoms with Gasteiger partial charge in [-0.05, 0) is 0 Å². The number of sulfonamides is 1. The lowest BCUT2D eigenvalue weighted by atomic mass is 10.1. The van der Waals surface area contributed by atoms with Crippen LogP contribution in [0.5, 0.6) is 0 Å². The molecule has 1 aliphatic heterocycles. The summed E-state index contributed by atoms with van der Waals surface area (Å²) in [6, 6.07) is 0.774. The number of hydrogen-bond donors (Lipinski definition) is 1. The Balaban J connectivity index is 2.30. The minimum absolute atomic E-state index is 0.347. The van der Waals surface area contributed by atoms with E-state index in [0.29, 0.717) is 25.2 Å². The van der Waals surface area contributed by atoms with E-state index in [1.54, 1.807) is 0 Å². The average molecular weight is 192 g/mol. The van der Waals surface area contributed by atoms with Crippen molar-refractivity contribution in [2.45, 2.75) is 25.9 Å². The van der Waals surface area contributed by atoms with E-state index in [2.05, 4.69) is 19.2 Å². The van der Waals surface area contributed by atoms with Crippen molar-refractivity contribution in [1.82, 2.24) is 9.62 Å². The highest BCUT2D eigenvalue weighted by atomic mass is 32.2. The summed E-state index contributed by atoms with van der Waals surface area (Å²) in [5, 5.41) is 3.28. The molecule has 1 N–H and O–H groups in total. The molecular formula is C7H16N2O2S. The van der Waals surface area contributed by atoms with E-state index in [9.17, 15) is 8.42 Å². The van der Waals surface area contributed by atoms with Crippen molar-refractivity contribution in [2.75, 3.05) is 19.3 Å². The van der Waals surface area contributed by atoms with Crippen LogP contribution in [0.25, 0.3) is 0 Å². The summed E-state index contributed by atoms with van der Waals surface area (Å²) in [7, 11) is -2.94. The predicted molar refractivity (Wildman–Crippen MR) is 48.5 cm³/mol. The van der Waals surface area contributed by atoms with Crippen LogP contribution in [-0.2, 0) is 10.0 Å². The van der Waals surface area contributed by atoms with E-state index in [0.717, 1.165) is 0 Å². The summed E-state index contributed by atoms with van der Waals surface area (Å²) < 4.78 is 23.4. The van der Waals surface area contributed by atoms with Crippen molar-refractivity contribution in [3.05, 3.63) is 0 Å². The summed E-state index contributed by atoms with van der Waals surface area (Å²) in [4.78, 5) is 0. The fourth-order valence-electron chi connectivity index (χ4n) is 1.29. The van der Waals surface area contributed by atoms with Gasteiger partial charge in [0.15, 0.2) is 0 Å². The first-order valence-electron chi connectivity index (χ1n) is 4.11. The zero-order valence-electron chi connectivity index (χ0n) is 7.74. The first-order chi connectivity index (χ1) is 5.39. The normalized spacial score (nSPS) is 21.3. The largest absolute Gasteiger partial charge is 0.309 e. The molecule has 0 atom stereocenters. The molecule has 0 aromatic rings. The number of hydrogen-bond acceptors (Lipinski definition) is 3. The Morgan fingerprint density at radius 3 is 2.25 bits per heavy atom. The Hall–Kier alpha value is -0.130. The van der Waals surface area contributed by atoms with Crippen LogP contribution in [-0.4, -0.2) is 44.2 Å². The molecule has 1 heterocycles. The van der Waals surface area contributed by atoms with Crippen LogP contribution in [0.15, 0.2) is 0 Å². The van der Waals surface area contributed by atoms with E-state index >= 15 is 0 Å². The topological polar surface area (TPSA) is 49.4 Å². The minimum atomic E-state index is -2.94. The maximum Gasteiger partial charge on any atom is 0.211 e. The van der Waals surface area contributed by atoms with Gasteiger partial charge in [0.25, 0.3) is 0 Å². The third kappa shape index (κ3) is 2.43. The Morgan fingerprint density at radius 2 is 1.92 bits per heavy atom. The predicted octanol–water partition coefficient (Wildman–Crippen LogP) is -0.372. The highest BCUT2D eigenvalue weighted by Gasteiger charge is 2.32. The van der Waals surface area contributed by atoms with Gasteiger partial charge >= 0.3 is 0 Å². The van der Waals surface area contributed by atoms with Crippen LogP contribution >= 0.6 is 0 Å². The van der Waals surface area contributed by atoms with Crippen molar-refractivity contribution in [1.29, 1.82) is 0 Å². The van der Waals surface area contributed by atoms with Gasteiger partial charge in [-0.15, -0.1) is 0 Å². The lowest BCUT2D eigenvalue weighted by Crippen LogP contribution is -2.60. The van der Waals surface area contributed by atoms with Gasteiger partial charge < -0.3 is 5.32 Å². The Kier molecular flexibility index (Phi) is 2.75. The van der Waals surface area contributed by atoms with E-state index in [4.69, 9.17) is 0 Å². The Labute approximate surface area is 74.0 Å². The molecule has 0 aliphatic carbocycles. The lowest BCUT2D eigenvalue weighted by molar-refractivity contribution is 0.218. The quantitative estimate of drug-likeness (QED) is 0.663. The summed E-state index contributed by atoms with van der Waals surface area (Å²) >= 11 is 0. The maximum atomic E-state index is 10.9. The molecular weight excluding hydrogens is 176 g/mol. The molecule has 0 radical (unpaired) electrons. The van der Waals surface area contributed by atoms with Gasteiger partial charge in [-0.2, -0.15) is 4.31 Å². The van der Waals surface area contributed by atoms with Crippen LogP contribution in [0.2, 0.25) is 0 Å². The summed E-state index contributed by atoms with van der Waals surface area (Å²) in [6.45, 7) is 5.36. The first-order valence-corrected chi connectivity index (χ1v) is 5.95. The second-order valence-corrected chi connectivity index (χ2v) is 5.58. The molecule has 0 bridgehead atoms. The van der Waals surface area contributed by atoms with Gasteiger partial charge in [0.1, 0.15) is 0 Å². The molecule has 1 saturated heterocycles. The zero-order chi connectivity index (χ0) is 9.35. The molecule has 0 saturated carbocycles. The van der Waals surface area contributed by atoms with Crippen LogP contribution in [0.1, 0.15) is 13.8 Å². The zero-order valence-corrected chi connectivity index (χ0v) is 8.56. The third-order valence-corrected chi connectivity index (χ3v) is 3.12. The van der Waals surface area contributed by atoms with Crippen LogP contribution in [0.3, 0.4) is 0 Å². The molecule has 1 fully saturated rings. The van der Waals surface area contributed by atoms with E-state index in [1.807, 2.05) is 0 Å². The molecule has 0 spiro atoms. The molecule has 1 aliphatic rings. The summed E-state index contributed by atoms with van der Waals surface area (Å²) in [5.74, 6) is 0. The summed E-state index contributed by atoms with van der Waals surface area (Å²) in [5.41, 5.74) is 0. The highest BCUT2D eigenvalue weighted by molar-refractivity contribution is 7.88. The SMILES string of the molecule is CC(C)NC1CN(S(C)(=O)=O)C1. The van der Waals surface area contributed by atoms with Gasteiger partial charge in [0.2, 0.25) is 10.0 Å². The first kappa shape index (κ1) is 9.95. The van der Waals surface area contributed by atoms with Crippen molar-refractivity contribution in [3.63, 3.8) is 0 Å². The van der Waals surface area contributed by atoms with E-state index in [-0.39, 0.29) is 0 Å². The highest BCUT2D eigenvalue weighted by Crippen LogP contribution is 2.12. The van der Waals surface area contributed by atoms with Gasteiger partial charge in [0, 0.05) is 25.2 Å². The molecule has 0 aromatic carbocycles. The lowest BCUT2D eigenvalue weighted by Gasteiger charge is -2.38. The van der Waals surface area contributed by atoms with Crippen molar-refractivity contribution < 1.29 is 8.42 Å². The second kappa shape index (κ2) is 3.32. The van der Waals surface area contributed by atoms with Crippen LogP contribution in [0, 0.1) is 0 Å². The molecule has 1 rings (SSSR count). The van der Waals surface area contributed by atoms with Gasteiger partial charge in [0.05, 0.1) is 6.26 Å². The number of nitrogens with one attached hydrogen (secondary N) is 1. The molecule has 4 nitrogen and oxygen atoms in total. The second-order valence-electron chi connectivity index (χ2n) is 3.60. The molecule has 12 heavy (non-hydrogen) atoms. The number of rotatable bonds is 3. The van der Waals surface area contributed by atoms with E-state index < -0.39 is 10.0 Å². The average Bonchev–Trinajstić information content (AvgIpc) is 1.73. The molecule has 0 aromatic heterocycles.